The van der Waals surface area contributed by atoms with E-state index in [2.05, 4.69) is 15.6 Å². The molecule has 2 N–H and O–H groups in total. The third-order valence-corrected chi connectivity index (χ3v) is 7.67. The molecule has 0 unspecified atom stereocenters. The predicted octanol–water partition coefficient (Wildman–Crippen LogP) is 3.07. The fourth-order valence-electron chi connectivity index (χ4n) is 5.37. The molecule has 3 aromatic rings. The van der Waals surface area contributed by atoms with E-state index in [0.717, 1.165) is 29.1 Å². The highest BCUT2D eigenvalue weighted by Gasteiger charge is 2.27. The Morgan fingerprint density at radius 2 is 1.88 bits per heavy atom. The van der Waals surface area contributed by atoms with Crippen LogP contribution in [-0.2, 0) is 22.6 Å². The van der Waals surface area contributed by atoms with Gasteiger partial charge in [0, 0.05) is 49.6 Å². The van der Waals surface area contributed by atoms with Gasteiger partial charge in [0.25, 0.3) is 5.91 Å². The zero-order chi connectivity index (χ0) is 30.3. The summed E-state index contributed by atoms with van der Waals surface area (Å²) in [6, 6.07) is 10.3. The smallest absolute Gasteiger partial charge is 0.254 e. The summed E-state index contributed by atoms with van der Waals surface area (Å²) in [5.41, 5.74) is 2.33. The number of carbonyl (C=O) groups excluding carboxylic acids is 3. The molecule has 3 heterocycles. The van der Waals surface area contributed by atoms with Crippen LogP contribution in [0.4, 0.5) is 0 Å². The minimum atomic E-state index is -0.732. The summed E-state index contributed by atoms with van der Waals surface area (Å²) in [7, 11) is 1.59. The number of nitrogens with zero attached hydrogens (tertiary/aromatic N) is 3. The van der Waals surface area contributed by atoms with E-state index in [1.807, 2.05) is 48.9 Å². The molecule has 2 aromatic carbocycles. The van der Waals surface area contributed by atoms with Gasteiger partial charge in [-0.3, -0.25) is 14.4 Å². The van der Waals surface area contributed by atoms with E-state index in [0.29, 0.717) is 49.6 Å². The lowest BCUT2D eigenvalue weighted by molar-refractivity contribution is -0.130. The fraction of sp³-hybridized carbons (Fsp3) is 0.438. The van der Waals surface area contributed by atoms with Gasteiger partial charge in [-0.15, -0.1) is 0 Å². The van der Waals surface area contributed by atoms with Gasteiger partial charge < -0.3 is 34.3 Å². The molecule has 228 valence electrons. The lowest BCUT2D eigenvalue weighted by atomic mass is 10.0. The number of rotatable bonds is 3. The van der Waals surface area contributed by atoms with Gasteiger partial charge in [-0.05, 0) is 60.7 Å². The third-order valence-electron chi connectivity index (χ3n) is 7.67. The van der Waals surface area contributed by atoms with Crippen molar-refractivity contribution in [3.05, 3.63) is 59.9 Å². The number of hydrogen-bond acceptors (Lipinski definition) is 7. The molecule has 2 bridgehead atoms. The Kier molecular flexibility index (Phi) is 9.48. The van der Waals surface area contributed by atoms with Crippen molar-refractivity contribution in [1.29, 1.82) is 0 Å². The average molecular weight is 590 g/mol. The summed E-state index contributed by atoms with van der Waals surface area (Å²) in [6.45, 7) is 5.78. The maximum absolute atomic E-state index is 13.7. The van der Waals surface area contributed by atoms with Crippen LogP contribution in [0.1, 0.15) is 42.6 Å². The number of amides is 3. The van der Waals surface area contributed by atoms with Crippen LogP contribution in [0.25, 0.3) is 11.4 Å². The highest BCUT2D eigenvalue weighted by Crippen LogP contribution is 2.32. The van der Waals surface area contributed by atoms with E-state index >= 15 is 0 Å². The Morgan fingerprint density at radius 1 is 1.05 bits per heavy atom. The predicted molar refractivity (Wildman–Crippen MR) is 160 cm³/mol. The highest BCUT2D eigenvalue weighted by atomic mass is 16.5. The molecule has 0 aliphatic carbocycles. The molecule has 0 spiro atoms. The number of hydrogen-bond donors (Lipinski definition) is 2. The summed E-state index contributed by atoms with van der Waals surface area (Å²) in [5, 5.41) is 5.82. The Balaban J connectivity index is 1.40. The van der Waals surface area contributed by atoms with Crippen molar-refractivity contribution in [2.24, 2.45) is 5.92 Å². The Morgan fingerprint density at radius 3 is 2.70 bits per heavy atom. The van der Waals surface area contributed by atoms with E-state index in [-0.39, 0.29) is 37.4 Å². The van der Waals surface area contributed by atoms with E-state index in [1.54, 1.807) is 25.4 Å². The summed E-state index contributed by atoms with van der Waals surface area (Å²) in [4.78, 5) is 46.1. The highest BCUT2D eigenvalue weighted by molar-refractivity contribution is 5.97. The normalized spacial score (nSPS) is 18.1. The van der Waals surface area contributed by atoms with Gasteiger partial charge in [0.1, 0.15) is 17.6 Å². The topological polar surface area (TPSA) is 124 Å². The largest absolute Gasteiger partial charge is 0.493 e. The Hall–Kier alpha value is -4.54. The van der Waals surface area contributed by atoms with E-state index in [4.69, 9.17) is 14.2 Å². The molecule has 3 amide bonds. The lowest BCUT2D eigenvalue weighted by Gasteiger charge is -2.26. The number of aromatic nitrogens is 2. The number of fused-ring (bicyclic) bond motifs is 5. The molecule has 1 aromatic heterocycles. The number of carbonyl (C=O) groups is 3. The van der Waals surface area contributed by atoms with Crippen molar-refractivity contribution in [2.75, 3.05) is 40.0 Å². The Bertz CT molecular complexity index is 1470. The summed E-state index contributed by atoms with van der Waals surface area (Å²) in [6.07, 6.45) is 5.51. The first-order chi connectivity index (χ1) is 20.8. The summed E-state index contributed by atoms with van der Waals surface area (Å²) < 4.78 is 19.3. The summed E-state index contributed by atoms with van der Waals surface area (Å²) >= 11 is 0. The number of ether oxygens (including phenoxy) is 3. The zero-order valence-corrected chi connectivity index (χ0v) is 24.9. The van der Waals surface area contributed by atoms with E-state index in [9.17, 15) is 14.4 Å². The minimum Gasteiger partial charge on any atom is -0.493 e. The number of imidazole rings is 1. The number of aryl methyl sites for hydroxylation is 1. The molecule has 11 heteroatoms. The maximum Gasteiger partial charge on any atom is 0.254 e. The number of benzene rings is 2. The molecule has 2 aliphatic rings. The van der Waals surface area contributed by atoms with Crippen LogP contribution in [0.2, 0.25) is 0 Å². The van der Waals surface area contributed by atoms with Gasteiger partial charge in [-0.25, -0.2) is 4.98 Å². The maximum atomic E-state index is 13.7. The van der Waals surface area contributed by atoms with Crippen LogP contribution in [0.5, 0.6) is 17.2 Å². The lowest BCUT2D eigenvalue weighted by Crippen LogP contribution is -2.52. The molecular weight excluding hydrogens is 550 g/mol. The molecule has 0 saturated carbocycles. The Labute approximate surface area is 251 Å². The van der Waals surface area contributed by atoms with Crippen LogP contribution in [0, 0.1) is 5.92 Å². The first kappa shape index (κ1) is 29.9. The monoisotopic (exact) mass is 589 g/mol. The van der Waals surface area contributed by atoms with Crippen molar-refractivity contribution < 1.29 is 28.6 Å². The number of nitrogens with one attached hydrogen (secondary N) is 2. The van der Waals surface area contributed by atoms with Gasteiger partial charge in [0.15, 0.2) is 11.5 Å². The summed E-state index contributed by atoms with van der Waals surface area (Å²) in [5.74, 6) is 1.64. The first-order valence-electron chi connectivity index (χ1n) is 14.8. The fourth-order valence-corrected chi connectivity index (χ4v) is 5.37. The third kappa shape index (κ3) is 7.10. The van der Waals surface area contributed by atoms with Crippen LogP contribution in [-0.4, -0.2) is 78.2 Å². The molecule has 0 fully saturated rings. The second-order valence-corrected chi connectivity index (χ2v) is 11.1. The van der Waals surface area contributed by atoms with Gasteiger partial charge in [-0.1, -0.05) is 13.8 Å². The molecule has 0 saturated heterocycles. The first-order valence-corrected chi connectivity index (χ1v) is 14.8. The molecule has 1 atom stereocenters. The van der Waals surface area contributed by atoms with Crippen LogP contribution in [0.3, 0.4) is 0 Å². The minimum absolute atomic E-state index is 0.145. The van der Waals surface area contributed by atoms with Crippen molar-refractivity contribution in [3.63, 3.8) is 0 Å². The SMILES string of the molecule is COc1ccc2cc1OCCCN(C(=O)c1ccc3c(c1)CCO3)CC(=O)N[C@H](C(C)C)C(=O)NCCCn1ccnc1-2. The van der Waals surface area contributed by atoms with Crippen LogP contribution >= 0.6 is 0 Å². The number of methoxy groups -OCH3 is 1. The molecule has 5 rings (SSSR count). The second kappa shape index (κ2) is 13.6. The average Bonchev–Trinajstić information content (AvgIpc) is 3.67. The van der Waals surface area contributed by atoms with E-state index in [1.165, 1.54) is 4.90 Å². The van der Waals surface area contributed by atoms with Crippen molar-refractivity contribution in [2.45, 2.75) is 45.7 Å². The molecule has 11 nitrogen and oxygen atoms in total. The van der Waals surface area contributed by atoms with Crippen molar-refractivity contribution in [1.82, 2.24) is 25.1 Å². The van der Waals surface area contributed by atoms with Crippen molar-refractivity contribution >= 4 is 17.7 Å². The molecular formula is C32H39N5O6. The van der Waals surface area contributed by atoms with Crippen LogP contribution < -0.4 is 24.8 Å². The van der Waals surface area contributed by atoms with E-state index < -0.39 is 11.9 Å². The standard InChI is InChI=1S/C32H39N5O6/c1-21(2)29-31(39)34-11-4-13-36-15-12-33-30(36)23-6-9-26(41-3)27(19-23)42-16-5-14-37(20-28(38)35-29)32(40)24-7-8-25-22(18-24)10-17-43-25/h6-9,12,15,18-19,21,29H,4-5,10-11,13-14,16-17,20H2,1-3H3,(H,34,39)(H,35,38)/t29-/m1/s1. The van der Waals surface area contributed by atoms with Gasteiger partial charge in [0.05, 0.1) is 26.9 Å². The van der Waals surface area contributed by atoms with Gasteiger partial charge in [0.2, 0.25) is 11.8 Å². The quantitative estimate of drug-likeness (QED) is 0.481. The molecule has 2 aliphatic heterocycles. The second-order valence-electron chi connectivity index (χ2n) is 11.1. The van der Waals surface area contributed by atoms with Crippen molar-refractivity contribution in [3.8, 4) is 28.6 Å². The van der Waals surface area contributed by atoms with Gasteiger partial charge >= 0.3 is 0 Å². The molecule has 43 heavy (non-hydrogen) atoms. The molecule has 0 radical (unpaired) electrons. The van der Waals surface area contributed by atoms with Gasteiger partial charge in [-0.2, -0.15) is 0 Å². The van der Waals surface area contributed by atoms with Crippen LogP contribution in [0.15, 0.2) is 48.8 Å². The zero-order valence-electron chi connectivity index (χ0n) is 24.9.